The van der Waals surface area contributed by atoms with Gasteiger partial charge in [0, 0.05) is 29.8 Å². The monoisotopic (exact) mass is 348 g/mol. The number of fused-ring (bicyclic) bond motifs is 1. The van der Waals surface area contributed by atoms with E-state index in [1.54, 1.807) is 17.7 Å². The van der Waals surface area contributed by atoms with Gasteiger partial charge in [0.05, 0.1) is 5.69 Å². The van der Waals surface area contributed by atoms with Crippen molar-refractivity contribution in [1.29, 1.82) is 0 Å². The lowest BCUT2D eigenvalue weighted by atomic mass is 10.1. The SMILES string of the molecule is O=C(CCCc1ccccc1Cl)NCCc1csc2ncnn12. The number of aryl methyl sites for hydroxylation is 1. The Hall–Kier alpha value is -1.92. The van der Waals surface area contributed by atoms with Crippen molar-refractivity contribution in [3.05, 3.63) is 52.3 Å². The lowest BCUT2D eigenvalue weighted by Gasteiger charge is -2.06. The Kier molecular flexibility index (Phi) is 5.25. The average Bonchev–Trinajstić information content (AvgIpc) is 3.14. The van der Waals surface area contributed by atoms with Gasteiger partial charge in [-0.15, -0.1) is 11.3 Å². The summed E-state index contributed by atoms with van der Waals surface area (Å²) in [6, 6.07) is 7.75. The standard InChI is InChI=1S/C16H17ClN4OS/c17-14-6-2-1-4-12(14)5-3-7-15(22)18-9-8-13-10-23-16-19-11-20-21(13)16/h1-2,4,6,10-11H,3,5,7-9H2,(H,18,22). The summed E-state index contributed by atoms with van der Waals surface area (Å²) in [5.41, 5.74) is 2.16. The molecule has 0 spiro atoms. The van der Waals surface area contributed by atoms with Crippen LogP contribution in [0.4, 0.5) is 0 Å². The van der Waals surface area contributed by atoms with Gasteiger partial charge in [0.2, 0.25) is 10.9 Å². The zero-order valence-electron chi connectivity index (χ0n) is 12.5. The first kappa shape index (κ1) is 16.0. The van der Waals surface area contributed by atoms with E-state index < -0.39 is 0 Å². The number of carbonyl (C=O) groups excluding carboxylic acids is 1. The minimum absolute atomic E-state index is 0.0714. The zero-order valence-corrected chi connectivity index (χ0v) is 14.1. The van der Waals surface area contributed by atoms with Crippen molar-refractivity contribution in [2.45, 2.75) is 25.7 Å². The van der Waals surface area contributed by atoms with Crippen LogP contribution >= 0.6 is 22.9 Å². The Morgan fingerprint density at radius 1 is 1.30 bits per heavy atom. The molecule has 0 bridgehead atoms. The van der Waals surface area contributed by atoms with E-state index >= 15 is 0 Å². The summed E-state index contributed by atoms with van der Waals surface area (Å²) in [6.07, 6.45) is 4.41. The summed E-state index contributed by atoms with van der Waals surface area (Å²) in [5, 5.41) is 9.90. The van der Waals surface area contributed by atoms with Crippen molar-refractivity contribution < 1.29 is 4.79 Å². The van der Waals surface area contributed by atoms with E-state index in [9.17, 15) is 4.79 Å². The molecule has 0 atom stereocenters. The zero-order chi connectivity index (χ0) is 16.1. The van der Waals surface area contributed by atoms with E-state index in [4.69, 9.17) is 11.6 Å². The maximum absolute atomic E-state index is 11.9. The number of nitrogens with one attached hydrogen (secondary N) is 1. The van der Waals surface area contributed by atoms with Crippen molar-refractivity contribution in [3.63, 3.8) is 0 Å². The second-order valence-electron chi connectivity index (χ2n) is 5.23. The molecule has 0 saturated carbocycles. The number of rotatable bonds is 7. The Balaban J connectivity index is 1.38. The van der Waals surface area contributed by atoms with Crippen molar-refractivity contribution in [2.24, 2.45) is 0 Å². The van der Waals surface area contributed by atoms with Gasteiger partial charge in [0.15, 0.2) is 0 Å². The van der Waals surface area contributed by atoms with Crippen LogP contribution in [0.2, 0.25) is 5.02 Å². The number of carbonyl (C=O) groups is 1. The largest absolute Gasteiger partial charge is 0.356 e. The Bertz CT molecular complexity index is 798. The maximum atomic E-state index is 11.9. The molecule has 23 heavy (non-hydrogen) atoms. The first-order valence-corrected chi connectivity index (χ1v) is 8.76. The second-order valence-corrected chi connectivity index (χ2v) is 6.47. The van der Waals surface area contributed by atoms with Gasteiger partial charge in [-0.05, 0) is 24.5 Å². The van der Waals surface area contributed by atoms with Gasteiger partial charge in [-0.2, -0.15) is 5.10 Å². The molecular weight excluding hydrogens is 332 g/mol. The maximum Gasteiger partial charge on any atom is 0.220 e. The molecule has 0 aliphatic rings. The van der Waals surface area contributed by atoms with Crippen molar-refractivity contribution >= 4 is 33.8 Å². The highest BCUT2D eigenvalue weighted by molar-refractivity contribution is 7.15. The number of halogens is 1. The van der Waals surface area contributed by atoms with Gasteiger partial charge in [-0.3, -0.25) is 4.79 Å². The fourth-order valence-corrected chi connectivity index (χ4v) is 3.46. The molecule has 3 rings (SSSR count). The summed E-state index contributed by atoms with van der Waals surface area (Å²) in [4.78, 5) is 16.9. The molecule has 7 heteroatoms. The highest BCUT2D eigenvalue weighted by atomic mass is 35.5. The molecule has 1 aromatic carbocycles. The van der Waals surface area contributed by atoms with Crippen LogP contribution < -0.4 is 5.32 Å². The number of hydrogen-bond donors (Lipinski definition) is 1. The fraction of sp³-hybridized carbons (Fsp3) is 0.312. The van der Waals surface area contributed by atoms with Crippen molar-refractivity contribution in [2.75, 3.05) is 6.54 Å². The molecule has 2 aromatic heterocycles. The van der Waals surface area contributed by atoms with Crippen LogP contribution in [-0.4, -0.2) is 27.0 Å². The third-order valence-electron chi connectivity index (χ3n) is 3.60. The number of benzene rings is 1. The third-order valence-corrected chi connectivity index (χ3v) is 4.85. The lowest BCUT2D eigenvalue weighted by molar-refractivity contribution is -0.121. The number of hydrogen-bond acceptors (Lipinski definition) is 4. The van der Waals surface area contributed by atoms with E-state index in [1.165, 1.54) is 0 Å². The second kappa shape index (κ2) is 7.57. The fourth-order valence-electron chi connectivity index (χ4n) is 2.40. The third kappa shape index (κ3) is 4.09. The molecule has 0 saturated heterocycles. The first-order valence-electron chi connectivity index (χ1n) is 7.50. The number of aromatic nitrogens is 3. The van der Waals surface area contributed by atoms with E-state index in [0.717, 1.165) is 40.5 Å². The summed E-state index contributed by atoms with van der Waals surface area (Å²) in [6.45, 7) is 0.608. The number of thiazole rings is 1. The normalized spacial score (nSPS) is 11.0. The number of amides is 1. The van der Waals surface area contributed by atoms with Crippen LogP contribution in [0.25, 0.3) is 4.96 Å². The van der Waals surface area contributed by atoms with E-state index in [-0.39, 0.29) is 5.91 Å². The molecule has 1 N–H and O–H groups in total. The minimum Gasteiger partial charge on any atom is -0.356 e. The van der Waals surface area contributed by atoms with Gasteiger partial charge in [-0.25, -0.2) is 9.50 Å². The molecule has 0 aliphatic carbocycles. The molecule has 5 nitrogen and oxygen atoms in total. The van der Waals surface area contributed by atoms with Crippen LogP contribution in [0.1, 0.15) is 24.1 Å². The van der Waals surface area contributed by atoms with E-state index in [2.05, 4.69) is 15.4 Å². The Labute approximate surface area is 143 Å². The van der Waals surface area contributed by atoms with Gasteiger partial charge < -0.3 is 5.32 Å². The quantitative estimate of drug-likeness (QED) is 0.713. The van der Waals surface area contributed by atoms with Crippen LogP contribution in [0.15, 0.2) is 36.0 Å². The predicted molar refractivity (Wildman–Crippen MR) is 92.0 cm³/mol. The number of nitrogens with zero attached hydrogens (tertiary/aromatic N) is 3. The Morgan fingerprint density at radius 2 is 2.17 bits per heavy atom. The topological polar surface area (TPSA) is 59.3 Å². The van der Waals surface area contributed by atoms with Crippen LogP contribution in [0.3, 0.4) is 0 Å². The van der Waals surface area contributed by atoms with Crippen molar-refractivity contribution in [3.8, 4) is 0 Å². The van der Waals surface area contributed by atoms with Crippen LogP contribution in [0.5, 0.6) is 0 Å². The highest BCUT2D eigenvalue weighted by Crippen LogP contribution is 2.17. The van der Waals surface area contributed by atoms with Gasteiger partial charge in [0.25, 0.3) is 0 Å². The highest BCUT2D eigenvalue weighted by Gasteiger charge is 2.07. The molecule has 0 fully saturated rings. The van der Waals surface area contributed by atoms with Crippen LogP contribution in [0, 0.1) is 0 Å². The van der Waals surface area contributed by atoms with Gasteiger partial charge in [0.1, 0.15) is 6.33 Å². The first-order chi connectivity index (χ1) is 11.2. The molecule has 0 radical (unpaired) electrons. The summed E-state index contributed by atoms with van der Waals surface area (Å²) < 4.78 is 1.81. The Morgan fingerprint density at radius 3 is 3.04 bits per heavy atom. The van der Waals surface area contributed by atoms with E-state index in [0.29, 0.717) is 13.0 Å². The molecule has 1 amide bonds. The average molecular weight is 349 g/mol. The molecule has 2 heterocycles. The summed E-state index contributed by atoms with van der Waals surface area (Å²) in [5.74, 6) is 0.0714. The van der Waals surface area contributed by atoms with E-state index in [1.807, 2.05) is 34.2 Å². The molecule has 0 unspecified atom stereocenters. The summed E-state index contributed by atoms with van der Waals surface area (Å²) >= 11 is 7.66. The molecule has 120 valence electrons. The molecular formula is C16H17ClN4OS. The summed E-state index contributed by atoms with van der Waals surface area (Å²) in [7, 11) is 0. The predicted octanol–water partition coefficient (Wildman–Crippen LogP) is 3.13. The van der Waals surface area contributed by atoms with Crippen LogP contribution in [-0.2, 0) is 17.6 Å². The van der Waals surface area contributed by atoms with Gasteiger partial charge >= 0.3 is 0 Å². The molecule has 3 aromatic rings. The minimum atomic E-state index is 0.0714. The van der Waals surface area contributed by atoms with Gasteiger partial charge in [-0.1, -0.05) is 29.8 Å². The molecule has 0 aliphatic heterocycles. The van der Waals surface area contributed by atoms with Crippen molar-refractivity contribution in [1.82, 2.24) is 19.9 Å². The smallest absolute Gasteiger partial charge is 0.220 e. The lowest BCUT2D eigenvalue weighted by Crippen LogP contribution is -2.25.